The third kappa shape index (κ3) is 4.72. The summed E-state index contributed by atoms with van der Waals surface area (Å²) in [5.74, 6) is -2.38. The lowest BCUT2D eigenvalue weighted by molar-refractivity contribution is -0.133. The Morgan fingerprint density at radius 3 is 2.21 bits per heavy atom. The van der Waals surface area contributed by atoms with E-state index in [4.69, 9.17) is 11.6 Å². The third-order valence-electron chi connectivity index (χ3n) is 2.85. The average molecular weight is 348 g/mol. The highest BCUT2D eigenvalue weighted by Crippen LogP contribution is 2.26. The summed E-state index contributed by atoms with van der Waals surface area (Å²) in [5, 5.41) is 17.1. The number of anilines is 3. The zero-order chi connectivity index (χ0) is 17.7. The molecule has 0 atom stereocenters. The predicted molar refractivity (Wildman–Crippen MR) is 91.1 cm³/mol. The van der Waals surface area contributed by atoms with Crippen molar-refractivity contribution < 1.29 is 19.5 Å². The molecule has 7 nitrogen and oxygen atoms in total. The van der Waals surface area contributed by atoms with Gasteiger partial charge in [-0.3, -0.25) is 14.4 Å². The van der Waals surface area contributed by atoms with Crippen molar-refractivity contribution in [3.63, 3.8) is 0 Å². The van der Waals surface area contributed by atoms with E-state index in [9.17, 15) is 19.5 Å². The first-order valence-corrected chi connectivity index (χ1v) is 7.21. The summed E-state index contributed by atoms with van der Waals surface area (Å²) in [4.78, 5) is 34.8. The fraction of sp³-hybridized carbons (Fsp3) is 0.0625. The first-order valence-electron chi connectivity index (χ1n) is 6.83. The van der Waals surface area contributed by atoms with E-state index in [-0.39, 0.29) is 17.3 Å². The topological polar surface area (TPSA) is 108 Å². The monoisotopic (exact) mass is 347 g/mol. The number of rotatable bonds is 3. The number of benzene rings is 2. The van der Waals surface area contributed by atoms with Gasteiger partial charge in [0.2, 0.25) is 5.91 Å². The largest absolute Gasteiger partial charge is 0.506 e. The summed E-state index contributed by atoms with van der Waals surface area (Å²) in [5.41, 5.74) is 0.833. The molecule has 0 saturated carbocycles. The Labute approximate surface area is 142 Å². The minimum atomic E-state index is -0.975. The second-order valence-electron chi connectivity index (χ2n) is 4.83. The van der Waals surface area contributed by atoms with Crippen molar-refractivity contribution in [2.45, 2.75) is 6.92 Å². The summed E-state index contributed by atoms with van der Waals surface area (Å²) in [6.07, 6.45) is 0. The highest BCUT2D eigenvalue weighted by molar-refractivity contribution is 6.44. The number of hydrogen-bond donors (Lipinski definition) is 4. The summed E-state index contributed by atoms with van der Waals surface area (Å²) < 4.78 is 0. The Kier molecular flexibility index (Phi) is 5.39. The lowest BCUT2D eigenvalue weighted by Gasteiger charge is -2.09. The molecule has 0 bridgehead atoms. The normalized spacial score (nSPS) is 9.92. The van der Waals surface area contributed by atoms with E-state index in [0.29, 0.717) is 16.4 Å². The van der Waals surface area contributed by atoms with E-state index >= 15 is 0 Å². The smallest absolute Gasteiger partial charge is 0.314 e. The van der Waals surface area contributed by atoms with Gasteiger partial charge in [0.15, 0.2) is 0 Å². The Morgan fingerprint density at radius 2 is 1.54 bits per heavy atom. The molecular weight excluding hydrogens is 334 g/mol. The molecule has 0 heterocycles. The van der Waals surface area contributed by atoms with Crippen molar-refractivity contribution in [2.24, 2.45) is 0 Å². The number of aromatic hydroxyl groups is 1. The SMILES string of the molecule is CC(=O)Nc1cccc(NC(=O)C(=O)Nc2cc(Cl)ccc2O)c1. The molecule has 0 spiro atoms. The molecule has 124 valence electrons. The molecule has 3 amide bonds. The molecule has 0 radical (unpaired) electrons. The summed E-state index contributed by atoms with van der Waals surface area (Å²) in [6, 6.07) is 10.4. The fourth-order valence-electron chi connectivity index (χ4n) is 1.85. The number of phenols is 1. The van der Waals surface area contributed by atoms with Crippen LogP contribution in [0.1, 0.15) is 6.92 Å². The van der Waals surface area contributed by atoms with Crippen LogP contribution in [-0.4, -0.2) is 22.8 Å². The van der Waals surface area contributed by atoms with Crippen molar-refractivity contribution in [3.05, 3.63) is 47.5 Å². The van der Waals surface area contributed by atoms with E-state index in [0.717, 1.165) is 0 Å². The van der Waals surface area contributed by atoms with E-state index in [2.05, 4.69) is 16.0 Å². The predicted octanol–water partition coefficient (Wildman–Crippen LogP) is 2.58. The van der Waals surface area contributed by atoms with Crippen molar-refractivity contribution in [1.29, 1.82) is 0 Å². The van der Waals surface area contributed by atoms with E-state index < -0.39 is 11.8 Å². The van der Waals surface area contributed by atoms with Crippen LogP contribution in [0.2, 0.25) is 5.02 Å². The van der Waals surface area contributed by atoms with Crippen molar-refractivity contribution in [3.8, 4) is 5.75 Å². The van der Waals surface area contributed by atoms with Crippen LogP contribution in [0.3, 0.4) is 0 Å². The Balaban J connectivity index is 2.05. The molecular formula is C16H14ClN3O4. The fourth-order valence-corrected chi connectivity index (χ4v) is 2.03. The second-order valence-corrected chi connectivity index (χ2v) is 5.27. The number of phenolic OH excluding ortho intramolecular Hbond substituents is 1. The molecule has 0 aromatic heterocycles. The zero-order valence-electron chi connectivity index (χ0n) is 12.6. The first kappa shape index (κ1) is 17.3. The maximum absolute atomic E-state index is 11.9. The molecule has 0 aliphatic rings. The molecule has 0 aliphatic heterocycles. The number of hydrogen-bond acceptors (Lipinski definition) is 4. The Bertz CT molecular complexity index is 808. The molecule has 8 heteroatoms. The number of amides is 3. The molecule has 0 fully saturated rings. The second kappa shape index (κ2) is 7.47. The van der Waals surface area contributed by atoms with Crippen LogP contribution in [-0.2, 0) is 14.4 Å². The van der Waals surface area contributed by atoms with Crippen molar-refractivity contribution in [2.75, 3.05) is 16.0 Å². The Morgan fingerprint density at radius 1 is 0.917 bits per heavy atom. The highest BCUT2D eigenvalue weighted by Gasteiger charge is 2.16. The van der Waals surface area contributed by atoms with E-state index in [1.165, 1.54) is 31.2 Å². The van der Waals surface area contributed by atoms with Gasteiger partial charge in [-0.1, -0.05) is 17.7 Å². The zero-order valence-corrected chi connectivity index (χ0v) is 13.3. The summed E-state index contributed by atoms with van der Waals surface area (Å²) in [7, 11) is 0. The number of carbonyl (C=O) groups is 3. The minimum Gasteiger partial charge on any atom is -0.506 e. The average Bonchev–Trinajstić information content (AvgIpc) is 2.50. The standard InChI is InChI=1S/C16H14ClN3O4/c1-9(21)18-11-3-2-4-12(8-11)19-15(23)16(24)20-13-7-10(17)5-6-14(13)22/h2-8,22H,1H3,(H,18,21)(H,19,23)(H,20,24). The number of halogens is 1. The van der Waals surface area contributed by atoms with Crippen LogP contribution in [0, 0.1) is 0 Å². The molecule has 2 aromatic carbocycles. The minimum absolute atomic E-state index is 0.0228. The van der Waals surface area contributed by atoms with Gasteiger partial charge in [0.25, 0.3) is 0 Å². The quantitative estimate of drug-likeness (QED) is 0.505. The molecule has 4 N–H and O–H groups in total. The maximum Gasteiger partial charge on any atom is 0.314 e. The number of nitrogens with one attached hydrogen (secondary N) is 3. The first-order chi connectivity index (χ1) is 11.3. The van der Waals surface area contributed by atoms with Crippen molar-refractivity contribution in [1.82, 2.24) is 0 Å². The van der Waals surface area contributed by atoms with Crippen LogP contribution in [0.15, 0.2) is 42.5 Å². The van der Waals surface area contributed by atoms with E-state index in [1.54, 1.807) is 18.2 Å². The molecule has 0 saturated heterocycles. The van der Waals surface area contributed by atoms with Gasteiger partial charge in [-0.15, -0.1) is 0 Å². The van der Waals surface area contributed by atoms with Gasteiger partial charge in [-0.2, -0.15) is 0 Å². The van der Waals surface area contributed by atoms with Crippen LogP contribution in [0.5, 0.6) is 5.75 Å². The highest BCUT2D eigenvalue weighted by atomic mass is 35.5. The van der Waals surface area contributed by atoms with Crippen LogP contribution in [0.4, 0.5) is 17.1 Å². The lowest BCUT2D eigenvalue weighted by Crippen LogP contribution is -2.29. The summed E-state index contributed by atoms with van der Waals surface area (Å²) >= 11 is 5.77. The van der Waals surface area contributed by atoms with Gasteiger partial charge >= 0.3 is 11.8 Å². The molecule has 0 unspecified atom stereocenters. The van der Waals surface area contributed by atoms with Gasteiger partial charge < -0.3 is 21.1 Å². The summed E-state index contributed by atoms with van der Waals surface area (Å²) in [6.45, 7) is 1.36. The maximum atomic E-state index is 11.9. The molecule has 24 heavy (non-hydrogen) atoms. The van der Waals surface area contributed by atoms with Gasteiger partial charge in [0.1, 0.15) is 5.75 Å². The van der Waals surface area contributed by atoms with E-state index in [1.807, 2.05) is 0 Å². The molecule has 0 aliphatic carbocycles. The third-order valence-corrected chi connectivity index (χ3v) is 3.09. The van der Waals surface area contributed by atoms with Crippen LogP contribution < -0.4 is 16.0 Å². The van der Waals surface area contributed by atoms with Gasteiger partial charge in [0, 0.05) is 23.3 Å². The van der Waals surface area contributed by atoms with Crippen molar-refractivity contribution >= 4 is 46.4 Å². The van der Waals surface area contributed by atoms with Crippen LogP contribution >= 0.6 is 11.6 Å². The lowest BCUT2D eigenvalue weighted by atomic mass is 10.2. The molecule has 2 aromatic rings. The van der Waals surface area contributed by atoms with Crippen LogP contribution in [0.25, 0.3) is 0 Å². The Hall–Kier alpha value is -3.06. The van der Waals surface area contributed by atoms with Gasteiger partial charge in [0.05, 0.1) is 5.69 Å². The number of carbonyl (C=O) groups excluding carboxylic acids is 3. The van der Waals surface area contributed by atoms with Gasteiger partial charge in [-0.25, -0.2) is 0 Å². The van der Waals surface area contributed by atoms with Gasteiger partial charge in [-0.05, 0) is 36.4 Å². The molecule has 2 rings (SSSR count).